The summed E-state index contributed by atoms with van der Waals surface area (Å²) in [5, 5.41) is 6.14. The quantitative estimate of drug-likeness (QED) is 0.880. The first-order valence-electron chi connectivity index (χ1n) is 7.44. The minimum Gasteiger partial charge on any atom is -0.349 e. The number of carbonyl (C=O) groups excluding carboxylic acids is 2. The van der Waals surface area contributed by atoms with Crippen LogP contribution in [-0.2, 0) is 4.79 Å². The first-order chi connectivity index (χ1) is 10.1. The molecule has 0 aliphatic carbocycles. The standard InChI is InChI=1S/C16H23N3O2.ClH/c1-12(18-16(21)14-6-4-3-5-7-14)10-15(20)19-9-8-17-11-13(19)2;/h3-7,12-13,17H,8-11H2,1-2H3,(H,18,21);1H/t12?,13-;/m0./s1. The summed E-state index contributed by atoms with van der Waals surface area (Å²) in [4.78, 5) is 26.2. The van der Waals surface area contributed by atoms with Crippen molar-refractivity contribution < 1.29 is 9.59 Å². The Kier molecular flexibility index (Phi) is 7.35. The van der Waals surface area contributed by atoms with Gasteiger partial charge in [-0.25, -0.2) is 0 Å². The molecule has 2 amide bonds. The highest BCUT2D eigenvalue weighted by molar-refractivity contribution is 5.94. The lowest BCUT2D eigenvalue weighted by Gasteiger charge is -2.34. The molecule has 1 aliphatic heterocycles. The molecule has 0 aromatic heterocycles. The Morgan fingerprint density at radius 2 is 2.05 bits per heavy atom. The number of carbonyl (C=O) groups is 2. The van der Waals surface area contributed by atoms with Gasteiger partial charge < -0.3 is 15.5 Å². The van der Waals surface area contributed by atoms with E-state index in [4.69, 9.17) is 0 Å². The third-order valence-corrected chi connectivity index (χ3v) is 3.72. The summed E-state index contributed by atoms with van der Waals surface area (Å²) in [6.07, 6.45) is 0.336. The molecule has 2 rings (SSSR count). The van der Waals surface area contributed by atoms with Crippen LogP contribution in [0, 0.1) is 0 Å². The number of amides is 2. The molecule has 1 aromatic rings. The smallest absolute Gasteiger partial charge is 0.251 e. The molecule has 2 N–H and O–H groups in total. The summed E-state index contributed by atoms with van der Waals surface area (Å²) in [6.45, 7) is 6.31. The Morgan fingerprint density at radius 1 is 1.36 bits per heavy atom. The number of nitrogens with one attached hydrogen (secondary N) is 2. The van der Waals surface area contributed by atoms with Crippen LogP contribution in [0.3, 0.4) is 0 Å². The van der Waals surface area contributed by atoms with Crippen molar-refractivity contribution in [1.82, 2.24) is 15.5 Å². The van der Waals surface area contributed by atoms with Crippen LogP contribution >= 0.6 is 12.4 Å². The van der Waals surface area contributed by atoms with Gasteiger partial charge in [0, 0.05) is 43.7 Å². The second kappa shape index (κ2) is 8.76. The Morgan fingerprint density at radius 3 is 2.68 bits per heavy atom. The van der Waals surface area contributed by atoms with E-state index in [9.17, 15) is 9.59 Å². The van der Waals surface area contributed by atoms with Gasteiger partial charge in [0.25, 0.3) is 5.91 Å². The van der Waals surface area contributed by atoms with Crippen molar-refractivity contribution in [3.63, 3.8) is 0 Å². The van der Waals surface area contributed by atoms with Crippen LogP contribution in [0.15, 0.2) is 30.3 Å². The molecular weight excluding hydrogens is 302 g/mol. The second-order valence-corrected chi connectivity index (χ2v) is 5.58. The average Bonchev–Trinajstić information content (AvgIpc) is 2.48. The van der Waals surface area contributed by atoms with Crippen molar-refractivity contribution >= 4 is 24.2 Å². The van der Waals surface area contributed by atoms with E-state index in [1.54, 1.807) is 12.1 Å². The Bertz CT molecular complexity index is 495. The summed E-state index contributed by atoms with van der Waals surface area (Å²) < 4.78 is 0. The van der Waals surface area contributed by atoms with Crippen LogP contribution in [0.5, 0.6) is 0 Å². The zero-order chi connectivity index (χ0) is 15.2. The molecule has 0 radical (unpaired) electrons. The third-order valence-electron chi connectivity index (χ3n) is 3.72. The maximum absolute atomic E-state index is 12.3. The van der Waals surface area contributed by atoms with Crippen molar-refractivity contribution in [2.45, 2.75) is 32.4 Å². The van der Waals surface area contributed by atoms with E-state index in [-0.39, 0.29) is 36.3 Å². The molecule has 1 heterocycles. The summed E-state index contributed by atoms with van der Waals surface area (Å²) >= 11 is 0. The van der Waals surface area contributed by atoms with Gasteiger partial charge in [0.05, 0.1) is 0 Å². The fourth-order valence-corrected chi connectivity index (χ4v) is 2.54. The zero-order valence-corrected chi connectivity index (χ0v) is 13.9. The first kappa shape index (κ1) is 18.5. The molecule has 1 aromatic carbocycles. The van der Waals surface area contributed by atoms with Gasteiger partial charge >= 0.3 is 0 Å². The largest absolute Gasteiger partial charge is 0.349 e. The molecule has 122 valence electrons. The van der Waals surface area contributed by atoms with Crippen LogP contribution < -0.4 is 10.6 Å². The number of nitrogens with zero attached hydrogens (tertiary/aromatic N) is 1. The number of halogens is 1. The molecular formula is C16H24ClN3O2. The zero-order valence-electron chi connectivity index (χ0n) is 13.0. The van der Waals surface area contributed by atoms with E-state index >= 15 is 0 Å². The lowest BCUT2D eigenvalue weighted by Crippen LogP contribution is -2.53. The Hall–Kier alpha value is -1.59. The van der Waals surface area contributed by atoms with Crippen molar-refractivity contribution in [3.8, 4) is 0 Å². The number of piperazine rings is 1. The SMILES string of the molecule is CC(CC(=O)N1CCNC[C@@H]1C)NC(=O)c1ccccc1.Cl. The monoisotopic (exact) mass is 325 g/mol. The van der Waals surface area contributed by atoms with Crippen LogP contribution in [0.2, 0.25) is 0 Å². The molecule has 1 fully saturated rings. The topological polar surface area (TPSA) is 61.4 Å². The molecule has 1 unspecified atom stereocenters. The summed E-state index contributed by atoms with van der Waals surface area (Å²) in [5.74, 6) is -0.0332. The fraction of sp³-hybridized carbons (Fsp3) is 0.500. The van der Waals surface area contributed by atoms with E-state index in [0.717, 1.165) is 19.6 Å². The maximum Gasteiger partial charge on any atom is 0.251 e. The van der Waals surface area contributed by atoms with Gasteiger partial charge in [0.2, 0.25) is 5.91 Å². The minimum absolute atomic E-state index is 0. The van der Waals surface area contributed by atoms with Gasteiger partial charge in [-0.15, -0.1) is 12.4 Å². The predicted octanol–water partition coefficient (Wildman–Crippen LogP) is 1.44. The van der Waals surface area contributed by atoms with Crippen molar-refractivity contribution in [3.05, 3.63) is 35.9 Å². The molecule has 0 bridgehead atoms. The van der Waals surface area contributed by atoms with Gasteiger partial charge in [-0.05, 0) is 26.0 Å². The molecule has 5 nitrogen and oxygen atoms in total. The average molecular weight is 326 g/mol. The second-order valence-electron chi connectivity index (χ2n) is 5.58. The molecule has 1 aliphatic rings. The van der Waals surface area contributed by atoms with Crippen LogP contribution in [-0.4, -0.2) is 48.4 Å². The fourth-order valence-electron chi connectivity index (χ4n) is 2.54. The van der Waals surface area contributed by atoms with Crippen LogP contribution in [0.25, 0.3) is 0 Å². The van der Waals surface area contributed by atoms with E-state index in [2.05, 4.69) is 10.6 Å². The number of hydrogen-bond acceptors (Lipinski definition) is 3. The highest BCUT2D eigenvalue weighted by Crippen LogP contribution is 2.07. The Labute approximate surface area is 137 Å². The summed E-state index contributed by atoms with van der Waals surface area (Å²) in [5.41, 5.74) is 0.618. The summed E-state index contributed by atoms with van der Waals surface area (Å²) in [6, 6.07) is 9.09. The Balaban J connectivity index is 0.00000242. The maximum atomic E-state index is 12.3. The van der Waals surface area contributed by atoms with E-state index in [1.807, 2.05) is 36.9 Å². The minimum atomic E-state index is -0.174. The third kappa shape index (κ3) is 5.00. The number of benzene rings is 1. The van der Waals surface area contributed by atoms with Crippen LogP contribution in [0.4, 0.5) is 0 Å². The van der Waals surface area contributed by atoms with Gasteiger partial charge in [0.15, 0.2) is 0 Å². The molecule has 6 heteroatoms. The van der Waals surface area contributed by atoms with E-state index in [0.29, 0.717) is 12.0 Å². The lowest BCUT2D eigenvalue weighted by atomic mass is 10.1. The van der Waals surface area contributed by atoms with Crippen LogP contribution in [0.1, 0.15) is 30.6 Å². The van der Waals surface area contributed by atoms with Crippen molar-refractivity contribution in [1.29, 1.82) is 0 Å². The molecule has 0 spiro atoms. The number of hydrogen-bond donors (Lipinski definition) is 2. The highest BCUT2D eigenvalue weighted by Gasteiger charge is 2.24. The van der Waals surface area contributed by atoms with Crippen molar-refractivity contribution in [2.24, 2.45) is 0 Å². The number of rotatable bonds is 4. The molecule has 1 saturated heterocycles. The summed E-state index contributed by atoms with van der Waals surface area (Å²) in [7, 11) is 0. The van der Waals surface area contributed by atoms with Gasteiger partial charge in [0.1, 0.15) is 0 Å². The van der Waals surface area contributed by atoms with E-state index < -0.39 is 0 Å². The molecule has 2 atom stereocenters. The highest BCUT2D eigenvalue weighted by atomic mass is 35.5. The first-order valence-corrected chi connectivity index (χ1v) is 7.44. The molecule has 22 heavy (non-hydrogen) atoms. The van der Waals surface area contributed by atoms with E-state index in [1.165, 1.54) is 0 Å². The van der Waals surface area contributed by atoms with Crippen molar-refractivity contribution in [2.75, 3.05) is 19.6 Å². The van der Waals surface area contributed by atoms with Gasteiger partial charge in [-0.3, -0.25) is 9.59 Å². The molecule has 0 saturated carbocycles. The van der Waals surface area contributed by atoms with Gasteiger partial charge in [-0.1, -0.05) is 18.2 Å². The lowest BCUT2D eigenvalue weighted by molar-refractivity contribution is -0.134. The van der Waals surface area contributed by atoms with Gasteiger partial charge in [-0.2, -0.15) is 0 Å². The normalized spacial score (nSPS) is 19.0. The predicted molar refractivity (Wildman–Crippen MR) is 89.3 cm³/mol.